The third kappa shape index (κ3) is 2.98. The van der Waals surface area contributed by atoms with Gasteiger partial charge in [-0.3, -0.25) is 4.68 Å². The minimum atomic E-state index is 0.196. The van der Waals surface area contributed by atoms with E-state index < -0.39 is 0 Å². The normalized spacial score (nSPS) is 14.9. The molecule has 1 aromatic rings. The molecule has 3 heteroatoms. The van der Waals surface area contributed by atoms with Crippen molar-refractivity contribution in [2.75, 3.05) is 5.32 Å². The van der Waals surface area contributed by atoms with Gasteiger partial charge in [-0.2, -0.15) is 5.10 Å². The molecule has 3 nitrogen and oxygen atoms in total. The molecule has 0 aliphatic rings. The Hall–Kier alpha value is -0.990. The maximum atomic E-state index is 4.27. The molecule has 0 bridgehead atoms. The van der Waals surface area contributed by atoms with E-state index in [9.17, 15) is 0 Å². The quantitative estimate of drug-likeness (QED) is 0.779. The molecule has 0 amide bonds. The first kappa shape index (κ1) is 12.1. The number of hydrogen-bond acceptors (Lipinski definition) is 2. The molecule has 0 aliphatic carbocycles. The Morgan fingerprint density at radius 2 is 2.13 bits per heavy atom. The molecule has 1 heterocycles. The van der Waals surface area contributed by atoms with Gasteiger partial charge >= 0.3 is 0 Å². The Balaban J connectivity index is 2.74. The van der Waals surface area contributed by atoms with Gasteiger partial charge in [0.25, 0.3) is 0 Å². The highest BCUT2D eigenvalue weighted by Crippen LogP contribution is 2.22. The summed E-state index contributed by atoms with van der Waals surface area (Å²) in [5.74, 6) is 1.13. The number of anilines is 1. The average molecular weight is 209 g/mol. The van der Waals surface area contributed by atoms with Gasteiger partial charge in [0.05, 0.1) is 6.20 Å². The smallest absolute Gasteiger partial charge is 0.124 e. The zero-order chi connectivity index (χ0) is 11.3. The Kier molecular flexibility index (Phi) is 4.18. The number of hydrogen-bond donors (Lipinski definition) is 1. The molecule has 0 saturated heterocycles. The Labute approximate surface area is 92.9 Å². The third-order valence-corrected chi connectivity index (χ3v) is 3.03. The van der Waals surface area contributed by atoms with Crippen LogP contribution in [0, 0.1) is 0 Å². The molecule has 0 aromatic carbocycles. The number of nitrogens with zero attached hydrogens (tertiary/aromatic N) is 2. The van der Waals surface area contributed by atoms with Crippen molar-refractivity contribution in [3.8, 4) is 0 Å². The lowest BCUT2D eigenvalue weighted by atomic mass is 9.93. The van der Waals surface area contributed by atoms with Crippen LogP contribution >= 0.6 is 0 Å². The van der Waals surface area contributed by atoms with Gasteiger partial charge in [-0.1, -0.05) is 20.3 Å². The summed E-state index contributed by atoms with van der Waals surface area (Å²) < 4.78 is 2.00. The first-order chi connectivity index (χ1) is 7.15. The molecule has 0 aliphatic heterocycles. The first-order valence-corrected chi connectivity index (χ1v) is 5.95. The summed E-state index contributed by atoms with van der Waals surface area (Å²) in [4.78, 5) is 0. The Morgan fingerprint density at radius 1 is 1.40 bits per heavy atom. The van der Waals surface area contributed by atoms with E-state index in [0.29, 0.717) is 0 Å². The highest BCUT2D eigenvalue weighted by molar-refractivity contribution is 5.37. The topological polar surface area (TPSA) is 29.9 Å². The lowest BCUT2D eigenvalue weighted by Crippen LogP contribution is -2.34. The van der Waals surface area contributed by atoms with Crippen molar-refractivity contribution in [3.05, 3.63) is 12.3 Å². The maximum Gasteiger partial charge on any atom is 0.124 e. The highest BCUT2D eigenvalue weighted by Gasteiger charge is 2.21. The van der Waals surface area contributed by atoms with E-state index in [-0.39, 0.29) is 5.54 Å². The van der Waals surface area contributed by atoms with Crippen LogP contribution in [0.1, 0.15) is 47.0 Å². The van der Waals surface area contributed by atoms with Gasteiger partial charge in [0.2, 0.25) is 0 Å². The highest BCUT2D eigenvalue weighted by atomic mass is 15.3. The fourth-order valence-corrected chi connectivity index (χ4v) is 1.88. The van der Waals surface area contributed by atoms with Crippen LogP contribution in [0.15, 0.2) is 12.3 Å². The second-order valence-corrected chi connectivity index (χ2v) is 4.32. The molecule has 0 saturated carbocycles. The van der Waals surface area contributed by atoms with Crippen LogP contribution in [0.5, 0.6) is 0 Å². The number of rotatable bonds is 6. The van der Waals surface area contributed by atoms with Crippen molar-refractivity contribution in [1.82, 2.24) is 9.78 Å². The van der Waals surface area contributed by atoms with Gasteiger partial charge in [-0.15, -0.1) is 0 Å². The van der Waals surface area contributed by atoms with Gasteiger partial charge in [-0.25, -0.2) is 0 Å². The van der Waals surface area contributed by atoms with Gasteiger partial charge in [0.1, 0.15) is 5.82 Å². The summed E-state index contributed by atoms with van der Waals surface area (Å²) in [5, 5.41) is 7.87. The fourth-order valence-electron chi connectivity index (χ4n) is 1.88. The SMILES string of the molecule is CCCC(C)(CC)Nc1ccnn1CC. The largest absolute Gasteiger partial charge is 0.365 e. The molecular formula is C12H23N3. The number of aromatic nitrogens is 2. The van der Waals surface area contributed by atoms with E-state index in [1.54, 1.807) is 0 Å². The van der Waals surface area contributed by atoms with Crippen LogP contribution in [0.2, 0.25) is 0 Å². The van der Waals surface area contributed by atoms with Crippen LogP contribution < -0.4 is 5.32 Å². The van der Waals surface area contributed by atoms with Crippen LogP contribution in [0.3, 0.4) is 0 Å². The summed E-state index contributed by atoms with van der Waals surface area (Å²) in [7, 11) is 0. The molecule has 0 radical (unpaired) electrons. The third-order valence-electron chi connectivity index (χ3n) is 3.03. The van der Waals surface area contributed by atoms with Crippen molar-refractivity contribution in [1.29, 1.82) is 0 Å². The van der Waals surface area contributed by atoms with Crippen molar-refractivity contribution in [2.24, 2.45) is 0 Å². The summed E-state index contributed by atoms with van der Waals surface area (Å²) in [6.07, 6.45) is 5.39. The molecule has 1 unspecified atom stereocenters. The predicted octanol–water partition coefficient (Wildman–Crippen LogP) is 3.28. The van der Waals surface area contributed by atoms with Gasteiger partial charge in [0.15, 0.2) is 0 Å². The van der Waals surface area contributed by atoms with Crippen LogP contribution in [0.25, 0.3) is 0 Å². The van der Waals surface area contributed by atoms with E-state index >= 15 is 0 Å². The van der Waals surface area contributed by atoms with Crippen LogP contribution in [-0.4, -0.2) is 15.3 Å². The molecule has 1 N–H and O–H groups in total. The second-order valence-electron chi connectivity index (χ2n) is 4.32. The molecule has 1 atom stereocenters. The monoisotopic (exact) mass is 209 g/mol. The van der Waals surface area contributed by atoms with Crippen LogP contribution in [-0.2, 0) is 6.54 Å². The maximum absolute atomic E-state index is 4.27. The van der Waals surface area contributed by atoms with E-state index in [1.807, 2.05) is 16.9 Å². The van der Waals surface area contributed by atoms with Crippen molar-refractivity contribution < 1.29 is 0 Å². The summed E-state index contributed by atoms with van der Waals surface area (Å²) >= 11 is 0. The van der Waals surface area contributed by atoms with Crippen molar-refractivity contribution in [3.63, 3.8) is 0 Å². The summed E-state index contributed by atoms with van der Waals surface area (Å²) in [6.45, 7) is 9.77. The molecule has 0 fully saturated rings. The van der Waals surface area contributed by atoms with Gasteiger partial charge in [-0.05, 0) is 26.7 Å². The fraction of sp³-hybridized carbons (Fsp3) is 0.750. The molecular weight excluding hydrogens is 186 g/mol. The Morgan fingerprint density at radius 3 is 2.67 bits per heavy atom. The minimum absolute atomic E-state index is 0.196. The molecule has 1 aromatic heterocycles. The molecule has 0 spiro atoms. The van der Waals surface area contributed by atoms with Crippen molar-refractivity contribution in [2.45, 2.75) is 59.0 Å². The average Bonchev–Trinajstić information content (AvgIpc) is 2.65. The zero-order valence-corrected chi connectivity index (χ0v) is 10.4. The van der Waals surface area contributed by atoms with Crippen LogP contribution in [0.4, 0.5) is 5.82 Å². The molecule has 1 rings (SSSR count). The summed E-state index contributed by atoms with van der Waals surface area (Å²) in [6, 6.07) is 2.05. The molecule has 86 valence electrons. The van der Waals surface area contributed by atoms with Gasteiger partial charge < -0.3 is 5.32 Å². The lowest BCUT2D eigenvalue weighted by molar-refractivity contribution is 0.445. The van der Waals surface area contributed by atoms with E-state index in [2.05, 4.69) is 38.1 Å². The van der Waals surface area contributed by atoms with E-state index in [4.69, 9.17) is 0 Å². The lowest BCUT2D eigenvalue weighted by Gasteiger charge is -2.30. The zero-order valence-electron chi connectivity index (χ0n) is 10.4. The van der Waals surface area contributed by atoms with Gasteiger partial charge in [0, 0.05) is 18.2 Å². The van der Waals surface area contributed by atoms with E-state index in [0.717, 1.165) is 18.8 Å². The minimum Gasteiger partial charge on any atom is -0.365 e. The number of nitrogens with one attached hydrogen (secondary N) is 1. The Bertz CT molecular complexity index is 293. The second kappa shape index (κ2) is 5.19. The van der Waals surface area contributed by atoms with E-state index in [1.165, 1.54) is 12.8 Å². The predicted molar refractivity (Wildman–Crippen MR) is 65.1 cm³/mol. The van der Waals surface area contributed by atoms with Crippen molar-refractivity contribution >= 4 is 5.82 Å². The standard InChI is InChI=1S/C12H23N3/c1-5-9-12(4,6-2)14-11-8-10-13-15(11)7-3/h8,10,14H,5-7,9H2,1-4H3. The number of aryl methyl sites for hydroxylation is 1. The molecule has 15 heavy (non-hydrogen) atoms. The summed E-state index contributed by atoms with van der Waals surface area (Å²) in [5.41, 5.74) is 0.196. The first-order valence-electron chi connectivity index (χ1n) is 5.95.